The molecule has 0 bridgehead atoms. The van der Waals surface area contributed by atoms with E-state index in [9.17, 15) is 14.4 Å². The Kier molecular flexibility index (Phi) is 48.0. The molecule has 15 nitrogen and oxygen atoms in total. The van der Waals surface area contributed by atoms with E-state index < -0.39 is 0 Å². The Hall–Kier alpha value is -6.12. The van der Waals surface area contributed by atoms with Crippen molar-refractivity contribution in [3.8, 4) is 0 Å². The lowest BCUT2D eigenvalue weighted by atomic mass is 10.0. The van der Waals surface area contributed by atoms with Gasteiger partial charge in [-0.25, -0.2) is 14.4 Å². The van der Waals surface area contributed by atoms with Crippen molar-refractivity contribution in [2.24, 2.45) is 0 Å². The highest BCUT2D eigenvalue weighted by molar-refractivity contribution is 5.90. The Morgan fingerprint density at radius 3 is 0.548 bits per heavy atom. The minimum atomic E-state index is -0.221. The molecular weight excluding hydrogens is 1150 g/mol. The third-order valence-corrected chi connectivity index (χ3v) is 17.8. The van der Waals surface area contributed by atoms with E-state index in [-0.39, 0.29) is 35.9 Å². The molecule has 93 heavy (non-hydrogen) atoms. The highest BCUT2D eigenvalue weighted by atomic mass is 16.2. The van der Waals surface area contributed by atoms with Gasteiger partial charge in [0.2, 0.25) is 17.8 Å². The van der Waals surface area contributed by atoms with Crippen LogP contribution in [-0.4, -0.2) is 52.7 Å². The van der Waals surface area contributed by atoms with Gasteiger partial charge in [-0.15, -0.1) is 0 Å². The fourth-order valence-corrected chi connectivity index (χ4v) is 12.0. The third-order valence-electron chi connectivity index (χ3n) is 17.8. The van der Waals surface area contributed by atoms with Gasteiger partial charge in [-0.05, 0) is 92.1 Å². The summed E-state index contributed by atoms with van der Waals surface area (Å²) >= 11 is 0. The molecular formula is C78H132N12O3. The van der Waals surface area contributed by atoms with Gasteiger partial charge in [-0.1, -0.05) is 310 Å². The topological polar surface area (TPSA) is 198 Å². The highest BCUT2D eigenvalue weighted by Gasteiger charge is 2.12. The number of aromatic nitrogens is 3. The number of nitrogens with one attached hydrogen (secondary N) is 9. The van der Waals surface area contributed by atoms with E-state index in [1.54, 1.807) is 0 Å². The molecule has 0 fully saturated rings. The van der Waals surface area contributed by atoms with E-state index in [1.165, 1.54) is 270 Å². The summed E-state index contributed by atoms with van der Waals surface area (Å²) in [6.45, 7) is 8.78. The molecule has 0 saturated heterocycles. The van der Waals surface area contributed by atoms with Gasteiger partial charge in [0.25, 0.3) is 0 Å². The van der Waals surface area contributed by atoms with Crippen LogP contribution in [0.3, 0.4) is 0 Å². The maximum absolute atomic E-state index is 12.8. The number of benzene rings is 3. The second-order valence-corrected chi connectivity index (χ2v) is 26.5. The number of carbonyl (C=O) groups excluding carboxylic acids is 3. The summed E-state index contributed by atoms with van der Waals surface area (Å²) < 4.78 is 0. The van der Waals surface area contributed by atoms with Gasteiger partial charge >= 0.3 is 18.1 Å². The fourth-order valence-electron chi connectivity index (χ4n) is 12.0. The van der Waals surface area contributed by atoms with Crippen LogP contribution in [0, 0.1) is 0 Å². The Labute approximate surface area is 565 Å². The van der Waals surface area contributed by atoms with Crippen molar-refractivity contribution in [1.82, 2.24) is 30.9 Å². The molecule has 0 aliphatic heterocycles. The minimum absolute atomic E-state index is 0.221. The summed E-state index contributed by atoms with van der Waals surface area (Å²) in [6, 6.07) is 21.5. The van der Waals surface area contributed by atoms with Gasteiger partial charge in [0, 0.05) is 53.8 Å². The zero-order chi connectivity index (χ0) is 66.0. The average molecular weight is 1290 g/mol. The summed E-state index contributed by atoms with van der Waals surface area (Å²) in [5.41, 5.74) is 4.14. The van der Waals surface area contributed by atoms with Crippen LogP contribution in [0.4, 0.5) is 66.4 Å². The molecule has 522 valence electrons. The second kappa shape index (κ2) is 56.2. The predicted molar refractivity (Wildman–Crippen MR) is 399 cm³/mol. The molecule has 6 amide bonds. The largest absolute Gasteiger partial charge is 0.338 e. The van der Waals surface area contributed by atoms with Crippen LogP contribution in [0.5, 0.6) is 0 Å². The quantitative estimate of drug-likeness (QED) is 0.0193. The molecule has 0 atom stereocenters. The highest BCUT2D eigenvalue weighted by Crippen LogP contribution is 2.25. The first-order valence-corrected chi connectivity index (χ1v) is 38.4. The van der Waals surface area contributed by atoms with Crippen LogP contribution < -0.4 is 47.9 Å². The normalized spacial score (nSPS) is 11.1. The lowest BCUT2D eigenvalue weighted by Gasteiger charge is -2.13. The zero-order valence-corrected chi connectivity index (χ0v) is 59.1. The number of unbranched alkanes of at least 4 members (excludes halogenated alkanes) is 45. The van der Waals surface area contributed by atoms with E-state index in [0.717, 1.165) is 38.5 Å². The molecule has 0 saturated carbocycles. The fraction of sp³-hybridized carbons (Fsp3) is 0.692. The lowest BCUT2D eigenvalue weighted by molar-refractivity contribution is 0.251. The second-order valence-electron chi connectivity index (χ2n) is 26.5. The molecule has 0 unspecified atom stereocenters. The summed E-state index contributed by atoms with van der Waals surface area (Å²) in [6.07, 6.45) is 63.3. The molecule has 0 radical (unpaired) electrons. The lowest BCUT2D eigenvalue weighted by Crippen LogP contribution is -2.29. The molecule has 9 N–H and O–H groups in total. The minimum Gasteiger partial charge on any atom is -0.338 e. The molecule has 1 heterocycles. The number of nitrogens with zero attached hydrogens (tertiary/aromatic N) is 3. The predicted octanol–water partition coefficient (Wildman–Crippen LogP) is 24.3. The van der Waals surface area contributed by atoms with Crippen LogP contribution >= 0.6 is 0 Å². The smallest absolute Gasteiger partial charge is 0.319 e. The molecule has 0 spiro atoms. The van der Waals surface area contributed by atoms with E-state index in [4.69, 9.17) is 15.0 Å². The van der Waals surface area contributed by atoms with Gasteiger partial charge < -0.3 is 47.9 Å². The molecule has 4 aromatic rings. The number of rotatable bonds is 60. The Balaban J connectivity index is 1.19. The van der Waals surface area contributed by atoms with Crippen LogP contribution in [0.1, 0.15) is 329 Å². The van der Waals surface area contributed by atoms with E-state index in [1.807, 2.05) is 72.8 Å². The first kappa shape index (κ1) is 79.3. The number of urea groups is 3. The van der Waals surface area contributed by atoms with Gasteiger partial charge in [-0.3, -0.25) is 0 Å². The van der Waals surface area contributed by atoms with E-state index in [2.05, 4.69) is 68.6 Å². The van der Waals surface area contributed by atoms with Gasteiger partial charge in [0.15, 0.2) is 0 Å². The van der Waals surface area contributed by atoms with Crippen molar-refractivity contribution in [2.45, 2.75) is 329 Å². The molecule has 15 heteroatoms. The van der Waals surface area contributed by atoms with Gasteiger partial charge in [0.05, 0.1) is 0 Å². The Morgan fingerprint density at radius 1 is 0.226 bits per heavy atom. The van der Waals surface area contributed by atoms with Crippen LogP contribution in [0.2, 0.25) is 0 Å². The zero-order valence-electron chi connectivity index (χ0n) is 59.1. The SMILES string of the molecule is CCCCCCCCCCCCCCCCCCNC(=O)Nc1ccc(Nc2nc(Nc3ccc(NC(=O)NCCCCCCCCCCCCCCCCCC)cc3)nc(Nc3ccc(NC(=O)NCCCCCCCCCCCCCCCCCC)cc3)n2)cc1. The van der Waals surface area contributed by atoms with Crippen molar-refractivity contribution in [3.63, 3.8) is 0 Å². The van der Waals surface area contributed by atoms with Crippen LogP contribution in [-0.2, 0) is 0 Å². The third kappa shape index (κ3) is 44.2. The van der Waals surface area contributed by atoms with E-state index in [0.29, 0.717) is 53.8 Å². The number of carbonyl (C=O) groups is 3. The van der Waals surface area contributed by atoms with Crippen molar-refractivity contribution < 1.29 is 14.4 Å². The summed E-state index contributed by atoms with van der Waals surface area (Å²) in [5, 5.41) is 27.8. The maximum atomic E-state index is 12.8. The molecule has 3 aromatic carbocycles. The van der Waals surface area contributed by atoms with Crippen molar-refractivity contribution in [2.75, 3.05) is 51.5 Å². The van der Waals surface area contributed by atoms with Crippen molar-refractivity contribution >= 4 is 70.1 Å². The monoisotopic (exact) mass is 1290 g/mol. The van der Waals surface area contributed by atoms with Gasteiger partial charge in [-0.2, -0.15) is 15.0 Å². The van der Waals surface area contributed by atoms with Gasteiger partial charge in [0.1, 0.15) is 0 Å². The van der Waals surface area contributed by atoms with Crippen molar-refractivity contribution in [1.29, 1.82) is 0 Å². The molecule has 0 aliphatic rings. The summed E-state index contributed by atoms with van der Waals surface area (Å²) in [7, 11) is 0. The van der Waals surface area contributed by atoms with Crippen LogP contribution in [0.15, 0.2) is 72.8 Å². The first-order valence-electron chi connectivity index (χ1n) is 38.4. The Morgan fingerprint density at radius 2 is 0.376 bits per heavy atom. The summed E-state index contributed by atoms with van der Waals surface area (Å²) in [4.78, 5) is 52.6. The van der Waals surface area contributed by atoms with Crippen molar-refractivity contribution in [3.05, 3.63) is 72.8 Å². The first-order chi connectivity index (χ1) is 45.8. The standard InChI is InChI=1S/C78H132N12O3/c1-4-7-10-13-16-19-22-25-28-31-34-37-40-43-46-49-64-79-76(91)85-70-58-52-67(53-59-70)82-73-88-74(83-68-54-60-71(61-55-68)86-77(92)80-65-50-47-44-41-38-35-32-29-26-23-20-17-14-11-8-5-2)90-75(89-73)84-69-56-62-72(63-57-69)87-78(93)81-66-51-48-45-42-39-36-33-30-27-24-21-18-15-12-9-6-3/h52-63H,4-51,64-66H2,1-3H3,(H2,79,85,91)(H2,80,86,92)(H2,81,87,93)(H3,82,83,84,88,89,90). The molecule has 1 aromatic heterocycles. The Bertz CT molecular complexity index is 2150. The summed E-state index contributed by atoms with van der Waals surface area (Å²) in [5.74, 6) is 0.850. The number of anilines is 9. The molecule has 0 aliphatic carbocycles. The number of hydrogen-bond acceptors (Lipinski definition) is 9. The number of amides is 6. The maximum Gasteiger partial charge on any atom is 0.319 e. The van der Waals surface area contributed by atoms with Crippen LogP contribution in [0.25, 0.3) is 0 Å². The molecule has 4 rings (SSSR count). The average Bonchev–Trinajstić information content (AvgIpc) is 1.24. The number of hydrogen-bond donors (Lipinski definition) is 9. The van der Waals surface area contributed by atoms with E-state index >= 15 is 0 Å².